The molecule has 8 nitrogen and oxygen atoms in total. The SMILES string of the molecule is O=C(O)C(Cc1cc(O)c(O)cc1Cc1ccc(O)cc1)OCC=Cc1ccc(O)c(O)c1. The third-order valence-corrected chi connectivity index (χ3v) is 5.01. The summed E-state index contributed by atoms with van der Waals surface area (Å²) in [7, 11) is 0. The standard InChI is InChI=1S/C25H24O8/c26-19-6-3-16(4-7-19)10-17-12-22(29)23(30)13-18(17)14-24(25(31)32)33-9-1-2-15-5-8-20(27)21(28)11-15/h1-8,11-13,24,26-30H,9-10,14H2,(H,31,32). The van der Waals surface area contributed by atoms with Crippen LogP contribution in [-0.4, -0.2) is 49.3 Å². The van der Waals surface area contributed by atoms with Crippen molar-refractivity contribution in [3.05, 3.63) is 82.9 Å². The molecule has 0 spiro atoms. The average molecular weight is 452 g/mol. The lowest BCUT2D eigenvalue weighted by atomic mass is 9.95. The largest absolute Gasteiger partial charge is 0.508 e. The Hall–Kier alpha value is -4.17. The van der Waals surface area contributed by atoms with Crippen molar-refractivity contribution >= 4 is 12.0 Å². The highest BCUT2D eigenvalue weighted by Crippen LogP contribution is 2.31. The van der Waals surface area contributed by atoms with Crippen LogP contribution < -0.4 is 0 Å². The van der Waals surface area contributed by atoms with Gasteiger partial charge in [-0.1, -0.05) is 30.4 Å². The van der Waals surface area contributed by atoms with Crippen LogP contribution in [-0.2, 0) is 22.4 Å². The Labute approximate surface area is 189 Å². The van der Waals surface area contributed by atoms with E-state index in [0.717, 1.165) is 5.56 Å². The van der Waals surface area contributed by atoms with Gasteiger partial charge in [0.15, 0.2) is 29.1 Å². The molecule has 1 atom stereocenters. The number of hydrogen-bond donors (Lipinski definition) is 6. The number of hydrogen-bond acceptors (Lipinski definition) is 7. The average Bonchev–Trinajstić information content (AvgIpc) is 2.77. The third-order valence-electron chi connectivity index (χ3n) is 5.01. The molecule has 0 aliphatic rings. The molecule has 33 heavy (non-hydrogen) atoms. The molecule has 1 unspecified atom stereocenters. The van der Waals surface area contributed by atoms with Gasteiger partial charge in [0.05, 0.1) is 6.61 Å². The predicted octanol–water partition coefficient (Wildman–Crippen LogP) is 3.53. The lowest BCUT2D eigenvalue weighted by Crippen LogP contribution is -2.27. The van der Waals surface area contributed by atoms with Crippen LogP contribution in [0.4, 0.5) is 0 Å². The quantitative estimate of drug-likeness (QED) is 0.270. The van der Waals surface area contributed by atoms with Crippen molar-refractivity contribution in [3.63, 3.8) is 0 Å². The first-order valence-corrected chi connectivity index (χ1v) is 10.1. The van der Waals surface area contributed by atoms with Crippen molar-refractivity contribution in [1.29, 1.82) is 0 Å². The van der Waals surface area contributed by atoms with Crippen LogP contribution in [0, 0.1) is 0 Å². The predicted molar refractivity (Wildman–Crippen MR) is 121 cm³/mol. The van der Waals surface area contributed by atoms with Crippen molar-refractivity contribution in [1.82, 2.24) is 0 Å². The van der Waals surface area contributed by atoms with Crippen LogP contribution in [0.15, 0.2) is 60.7 Å². The fraction of sp³-hybridized carbons (Fsp3) is 0.160. The van der Waals surface area contributed by atoms with E-state index in [-0.39, 0.29) is 41.8 Å². The first kappa shape index (κ1) is 23.5. The van der Waals surface area contributed by atoms with Gasteiger partial charge in [0.1, 0.15) is 5.75 Å². The molecule has 3 aromatic carbocycles. The smallest absolute Gasteiger partial charge is 0.333 e. The minimum Gasteiger partial charge on any atom is -0.508 e. The summed E-state index contributed by atoms with van der Waals surface area (Å²) in [5, 5.41) is 57.8. The molecule has 0 saturated carbocycles. The minimum absolute atomic E-state index is 0.0318. The molecule has 0 heterocycles. The summed E-state index contributed by atoms with van der Waals surface area (Å²) in [6.45, 7) is -0.0318. The first-order valence-electron chi connectivity index (χ1n) is 10.1. The number of aliphatic carboxylic acids is 1. The zero-order chi connectivity index (χ0) is 24.0. The van der Waals surface area contributed by atoms with Crippen LogP contribution in [0.5, 0.6) is 28.7 Å². The molecular formula is C25H24O8. The molecule has 8 heteroatoms. The van der Waals surface area contributed by atoms with Gasteiger partial charge in [0.2, 0.25) is 0 Å². The van der Waals surface area contributed by atoms with Crippen molar-refractivity contribution in [3.8, 4) is 28.7 Å². The van der Waals surface area contributed by atoms with Crippen LogP contribution >= 0.6 is 0 Å². The van der Waals surface area contributed by atoms with E-state index in [1.807, 2.05) is 0 Å². The molecule has 6 N–H and O–H groups in total. The van der Waals surface area contributed by atoms with Gasteiger partial charge >= 0.3 is 5.97 Å². The zero-order valence-corrected chi connectivity index (χ0v) is 17.5. The number of ether oxygens (including phenoxy) is 1. The number of phenols is 5. The monoisotopic (exact) mass is 452 g/mol. The second-order valence-corrected chi connectivity index (χ2v) is 7.47. The van der Waals surface area contributed by atoms with E-state index in [2.05, 4.69) is 0 Å². The Kier molecular flexibility index (Phi) is 7.42. The molecule has 172 valence electrons. The maximum atomic E-state index is 11.8. The number of carbonyl (C=O) groups is 1. The van der Waals surface area contributed by atoms with Gasteiger partial charge in [0, 0.05) is 6.42 Å². The summed E-state index contributed by atoms with van der Waals surface area (Å²) in [4.78, 5) is 11.8. The summed E-state index contributed by atoms with van der Waals surface area (Å²) < 4.78 is 5.50. The summed E-state index contributed by atoms with van der Waals surface area (Å²) >= 11 is 0. The van der Waals surface area contributed by atoms with Crippen LogP contribution in [0.1, 0.15) is 22.3 Å². The number of benzene rings is 3. The van der Waals surface area contributed by atoms with Crippen molar-refractivity contribution < 1.29 is 40.2 Å². The Morgan fingerprint density at radius 2 is 1.45 bits per heavy atom. The Morgan fingerprint density at radius 3 is 2.09 bits per heavy atom. The number of carboxylic acids is 1. The highest BCUT2D eigenvalue weighted by Gasteiger charge is 2.21. The zero-order valence-electron chi connectivity index (χ0n) is 17.5. The van der Waals surface area contributed by atoms with E-state index in [1.165, 1.54) is 36.4 Å². The summed E-state index contributed by atoms with van der Waals surface area (Å²) in [6, 6.07) is 13.4. The van der Waals surface area contributed by atoms with E-state index in [0.29, 0.717) is 23.1 Å². The molecule has 0 radical (unpaired) electrons. The molecule has 0 fully saturated rings. The lowest BCUT2D eigenvalue weighted by molar-refractivity contribution is -0.149. The molecular weight excluding hydrogens is 428 g/mol. The van der Waals surface area contributed by atoms with Gasteiger partial charge in [-0.2, -0.15) is 0 Å². The van der Waals surface area contributed by atoms with Gasteiger partial charge in [-0.25, -0.2) is 4.79 Å². The number of aromatic hydroxyl groups is 5. The summed E-state index contributed by atoms with van der Waals surface area (Å²) in [5.74, 6) is -2.27. The maximum Gasteiger partial charge on any atom is 0.333 e. The number of rotatable bonds is 9. The van der Waals surface area contributed by atoms with Gasteiger partial charge in [-0.05, 0) is 65.1 Å². The Bertz CT molecular complexity index is 1150. The fourth-order valence-corrected chi connectivity index (χ4v) is 3.27. The van der Waals surface area contributed by atoms with E-state index < -0.39 is 12.1 Å². The molecule has 3 rings (SSSR count). The molecule has 0 aliphatic heterocycles. The van der Waals surface area contributed by atoms with Gasteiger partial charge in [-0.3, -0.25) is 0 Å². The molecule has 0 saturated heterocycles. The lowest BCUT2D eigenvalue weighted by Gasteiger charge is -2.17. The molecule has 0 amide bonds. The van der Waals surface area contributed by atoms with Crippen molar-refractivity contribution in [2.75, 3.05) is 6.61 Å². The number of carboxylic acid groups (broad SMARTS) is 1. The maximum absolute atomic E-state index is 11.8. The van der Waals surface area contributed by atoms with E-state index in [1.54, 1.807) is 30.4 Å². The fourth-order valence-electron chi connectivity index (χ4n) is 3.27. The minimum atomic E-state index is -1.22. The molecule has 0 aliphatic carbocycles. The van der Waals surface area contributed by atoms with Gasteiger partial charge < -0.3 is 35.4 Å². The summed E-state index contributed by atoms with van der Waals surface area (Å²) in [6.07, 6.45) is 2.27. The Morgan fingerprint density at radius 1 is 0.818 bits per heavy atom. The van der Waals surface area contributed by atoms with Crippen molar-refractivity contribution in [2.24, 2.45) is 0 Å². The van der Waals surface area contributed by atoms with Gasteiger partial charge in [0.25, 0.3) is 0 Å². The highest BCUT2D eigenvalue weighted by atomic mass is 16.5. The van der Waals surface area contributed by atoms with Gasteiger partial charge in [-0.15, -0.1) is 0 Å². The first-order chi connectivity index (χ1) is 15.7. The van der Waals surface area contributed by atoms with Crippen LogP contribution in [0.2, 0.25) is 0 Å². The van der Waals surface area contributed by atoms with Crippen LogP contribution in [0.3, 0.4) is 0 Å². The second-order valence-electron chi connectivity index (χ2n) is 7.47. The van der Waals surface area contributed by atoms with E-state index in [4.69, 9.17) is 4.74 Å². The van der Waals surface area contributed by atoms with Crippen LogP contribution in [0.25, 0.3) is 6.08 Å². The second kappa shape index (κ2) is 10.4. The normalized spacial score (nSPS) is 12.1. The topological polar surface area (TPSA) is 148 Å². The summed E-state index contributed by atoms with van der Waals surface area (Å²) in [5.41, 5.74) is 2.53. The molecule has 3 aromatic rings. The van der Waals surface area contributed by atoms with E-state index in [9.17, 15) is 35.4 Å². The molecule has 0 aromatic heterocycles. The van der Waals surface area contributed by atoms with E-state index >= 15 is 0 Å². The highest BCUT2D eigenvalue weighted by molar-refractivity contribution is 5.73. The van der Waals surface area contributed by atoms with Crippen molar-refractivity contribution in [2.45, 2.75) is 18.9 Å². The molecule has 0 bridgehead atoms. The Balaban J connectivity index is 1.73. The third kappa shape index (κ3) is 6.41. The number of phenolic OH excluding ortho intramolecular Hbond substituents is 5.